The van der Waals surface area contributed by atoms with Crippen LogP contribution >= 0.6 is 0 Å². The Hall–Kier alpha value is -4.27. The minimum atomic E-state index is -0.477. The molecule has 0 aliphatic carbocycles. The molecule has 2 aromatic carbocycles. The molecular formula is C23H20N4O5. The topological polar surface area (TPSA) is 116 Å². The lowest BCUT2D eigenvalue weighted by Gasteiger charge is -2.21. The smallest absolute Gasteiger partial charge is 0.289 e. The number of carbonyl (C=O) groups excluding carboxylic acids is 1. The van der Waals surface area contributed by atoms with Crippen molar-refractivity contribution in [2.45, 2.75) is 12.8 Å². The van der Waals surface area contributed by atoms with Gasteiger partial charge >= 0.3 is 0 Å². The van der Waals surface area contributed by atoms with Crippen LogP contribution in [0.2, 0.25) is 0 Å². The first-order valence-electron chi connectivity index (χ1n) is 10.0. The third kappa shape index (κ3) is 5.07. The molecule has 2 aromatic heterocycles. The number of rotatable bonds is 9. The standard InChI is InChI=1S/C23H20N4O5/c28-23(20-10-5-15-31-20)26(13-11-17-6-2-1-3-7-17)14-12-21-24-22(25-32-21)18-8-4-9-19(16-18)27(29)30/h1-10,15-16H,11-14H2. The van der Waals surface area contributed by atoms with E-state index in [1.807, 2.05) is 30.3 Å². The van der Waals surface area contributed by atoms with Crippen molar-refractivity contribution in [3.05, 3.63) is 100 Å². The van der Waals surface area contributed by atoms with Crippen LogP contribution in [0.3, 0.4) is 0 Å². The van der Waals surface area contributed by atoms with Crippen molar-refractivity contribution in [1.29, 1.82) is 0 Å². The highest BCUT2D eigenvalue weighted by Crippen LogP contribution is 2.21. The molecule has 0 spiro atoms. The van der Waals surface area contributed by atoms with Gasteiger partial charge in [-0.3, -0.25) is 14.9 Å². The van der Waals surface area contributed by atoms with Crippen LogP contribution in [-0.2, 0) is 12.8 Å². The van der Waals surface area contributed by atoms with E-state index in [0.717, 1.165) is 5.56 Å². The first kappa shape index (κ1) is 21.0. The number of hydrogen-bond donors (Lipinski definition) is 0. The van der Waals surface area contributed by atoms with Gasteiger partial charge in [-0.2, -0.15) is 4.98 Å². The summed E-state index contributed by atoms with van der Waals surface area (Å²) in [7, 11) is 0. The Kier molecular flexibility index (Phi) is 6.35. The molecule has 0 fully saturated rings. The van der Waals surface area contributed by atoms with E-state index in [1.54, 1.807) is 29.2 Å². The Morgan fingerprint density at radius 1 is 1.00 bits per heavy atom. The van der Waals surface area contributed by atoms with Crippen molar-refractivity contribution in [2.24, 2.45) is 0 Å². The second-order valence-corrected chi connectivity index (χ2v) is 7.07. The average molecular weight is 432 g/mol. The number of non-ortho nitro benzene ring substituents is 1. The zero-order valence-electron chi connectivity index (χ0n) is 17.1. The molecule has 162 valence electrons. The summed E-state index contributed by atoms with van der Waals surface area (Å²) >= 11 is 0. The maximum absolute atomic E-state index is 12.9. The summed E-state index contributed by atoms with van der Waals surface area (Å²) in [5.74, 6) is 0.644. The van der Waals surface area contributed by atoms with E-state index in [0.29, 0.717) is 37.4 Å². The monoisotopic (exact) mass is 432 g/mol. The Labute approximate surface area is 183 Å². The molecule has 0 atom stereocenters. The van der Waals surface area contributed by atoms with Crippen LogP contribution < -0.4 is 0 Å². The van der Waals surface area contributed by atoms with E-state index in [4.69, 9.17) is 8.94 Å². The molecule has 0 N–H and O–H groups in total. The Balaban J connectivity index is 1.45. The fourth-order valence-electron chi connectivity index (χ4n) is 3.24. The van der Waals surface area contributed by atoms with Crippen LogP contribution in [0.5, 0.6) is 0 Å². The molecule has 32 heavy (non-hydrogen) atoms. The van der Waals surface area contributed by atoms with Gasteiger partial charge in [0, 0.05) is 37.2 Å². The largest absolute Gasteiger partial charge is 0.459 e. The lowest BCUT2D eigenvalue weighted by molar-refractivity contribution is -0.384. The highest BCUT2D eigenvalue weighted by atomic mass is 16.6. The third-order valence-corrected chi connectivity index (χ3v) is 4.91. The molecule has 4 aromatic rings. The van der Waals surface area contributed by atoms with E-state index in [2.05, 4.69) is 10.1 Å². The Morgan fingerprint density at radius 2 is 1.81 bits per heavy atom. The second kappa shape index (κ2) is 9.69. The van der Waals surface area contributed by atoms with Gasteiger partial charge in [-0.1, -0.05) is 47.6 Å². The molecule has 0 radical (unpaired) electrons. The number of aromatic nitrogens is 2. The number of nitro benzene ring substituents is 1. The molecule has 9 heteroatoms. The average Bonchev–Trinajstić information content (AvgIpc) is 3.52. The highest BCUT2D eigenvalue weighted by Gasteiger charge is 2.20. The van der Waals surface area contributed by atoms with Crippen LogP contribution in [0.1, 0.15) is 22.0 Å². The molecule has 0 unspecified atom stereocenters. The molecule has 4 rings (SSSR count). The molecular weight excluding hydrogens is 412 g/mol. The summed E-state index contributed by atoms with van der Waals surface area (Å²) in [6, 6.07) is 19.2. The van der Waals surface area contributed by atoms with E-state index >= 15 is 0 Å². The molecule has 0 aliphatic rings. The van der Waals surface area contributed by atoms with Gasteiger partial charge in [-0.15, -0.1) is 0 Å². The van der Waals surface area contributed by atoms with Crippen molar-refractivity contribution < 1.29 is 18.7 Å². The van der Waals surface area contributed by atoms with Crippen LogP contribution in [0.25, 0.3) is 11.4 Å². The minimum absolute atomic E-state index is 0.0509. The van der Waals surface area contributed by atoms with Gasteiger partial charge in [0.25, 0.3) is 11.6 Å². The van der Waals surface area contributed by atoms with Gasteiger partial charge in [-0.05, 0) is 24.1 Å². The fraction of sp³-hybridized carbons (Fsp3) is 0.174. The van der Waals surface area contributed by atoms with Crippen molar-refractivity contribution >= 4 is 11.6 Å². The molecule has 0 bridgehead atoms. The number of nitro groups is 1. The van der Waals surface area contributed by atoms with E-state index in [9.17, 15) is 14.9 Å². The molecule has 9 nitrogen and oxygen atoms in total. The van der Waals surface area contributed by atoms with Gasteiger partial charge in [-0.25, -0.2) is 0 Å². The van der Waals surface area contributed by atoms with Crippen molar-refractivity contribution in [3.8, 4) is 11.4 Å². The molecule has 0 saturated carbocycles. The lowest BCUT2D eigenvalue weighted by atomic mass is 10.1. The van der Waals surface area contributed by atoms with Crippen molar-refractivity contribution in [3.63, 3.8) is 0 Å². The highest BCUT2D eigenvalue weighted by molar-refractivity contribution is 5.91. The Morgan fingerprint density at radius 3 is 2.56 bits per heavy atom. The summed E-state index contributed by atoms with van der Waals surface area (Å²) in [6.45, 7) is 0.846. The van der Waals surface area contributed by atoms with Gasteiger partial charge < -0.3 is 13.8 Å². The summed E-state index contributed by atoms with van der Waals surface area (Å²) in [5, 5.41) is 14.9. The predicted octanol–water partition coefficient (Wildman–Crippen LogP) is 4.17. The number of furan rings is 1. The first-order chi connectivity index (χ1) is 15.6. The summed E-state index contributed by atoms with van der Waals surface area (Å²) < 4.78 is 10.6. The van der Waals surface area contributed by atoms with Gasteiger partial charge in [0.15, 0.2) is 5.76 Å². The van der Waals surface area contributed by atoms with Crippen LogP contribution in [0, 0.1) is 10.1 Å². The first-order valence-corrected chi connectivity index (χ1v) is 10.0. The molecule has 0 saturated heterocycles. The summed E-state index contributed by atoms with van der Waals surface area (Å²) in [6.07, 6.45) is 2.49. The number of nitrogens with zero attached hydrogens (tertiary/aromatic N) is 4. The van der Waals surface area contributed by atoms with Crippen molar-refractivity contribution in [1.82, 2.24) is 15.0 Å². The SMILES string of the molecule is O=C(c1ccco1)N(CCc1ccccc1)CCc1nc(-c2cccc([N+](=O)[O-])c2)no1. The quantitative estimate of drug-likeness (QED) is 0.288. The normalized spacial score (nSPS) is 10.8. The number of benzene rings is 2. The fourth-order valence-corrected chi connectivity index (χ4v) is 3.24. The Bertz CT molecular complexity index is 1190. The van der Waals surface area contributed by atoms with Gasteiger partial charge in [0.1, 0.15) is 0 Å². The zero-order chi connectivity index (χ0) is 22.3. The number of amides is 1. The maximum Gasteiger partial charge on any atom is 0.289 e. The lowest BCUT2D eigenvalue weighted by Crippen LogP contribution is -2.34. The van der Waals surface area contributed by atoms with E-state index < -0.39 is 4.92 Å². The third-order valence-electron chi connectivity index (χ3n) is 4.91. The number of hydrogen-bond acceptors (Lipinski definition) is 7. The zero-order valence-corrected chi connectivity index (χ0v) is 17.1. The molecule has 1 amide bonds. The summed E-state index contributed by atoms with van der Waals surface area (Å²) in [5.41, 5.74) is 1.56. The van der Waals surface area contributed by atoms with E-state index in [-0.39, 0.29) is 23.2 Å². The van der Waals surface area contributed by atoms with E-state index in [1.165, 1.54) is 18.4 Å². The molecule has 2 heterocycles. The van der Waals surface area contributed by atoms with Crippen LogP contribution in [-0.4, -0.2) is 39.0 Å². The summed E-state index contributed by atoms with van der Waals surface area (Å²) in [4.78, 5) is 29.4. The second-order valence-electron chi connectivity index (χ2n) is 7.07. The van der Waals surface area contributed by atoms with Crippen molar-refractivity contribution in [2.75, 3.05) is 13.1 Å². The van der Waals surface area contributed by atoms with Gasteiger partial charge in [0.05, 0.1) is 11.2 Å². The number of carbonyl (C=O) groups is 1. The predicted molar refractivity (Wildman–Crippen MR) is 115 cm³/mol. The minimum Gasteiger partial charge on any atom is -0.459 e. The molecule has 0 aliphatic heterocycles. The van der Waals surface area contributed by atoms with Crippen LogP contribution in [0.4, 0.5) is 5.69 Å². The van der Waals surface area contributed by atoms with Gasteiger partial charge in [0.2, 0.25) is 11.7 Å². The maximum atomic E-state index is 12.9. The van der Waals surface area contributed by atoms with Crippen LogP contribution in [0.15, 0.2) is 81.9 Å².